The normalized spacial score (nSPS) is 11.2. The first-order chi connectivity index (χ1) is 18.6. The molecule has 0 radical (unpaired) electrons. The lowest BCUT2D eigenvalue weighted by Gasteiger charge is -2.19. The number of anilines is 1. The van der Waals surface area contributed by atoms with Gasteiger partial charge in [0, 0.05) is 27.9 Å². The number of fused-ring (bicyclic) bond motifs is 1. The van der Waals surface area contributed by atoms with E-state index in [0.717, 1.165) is 39.3 Å². The topological polar surface area (TPSA) is 51.0 Å². The smallest absolute Gasteiger partial charge is 0.270 e. The van der Waals surface area contributed by atoms with Gasteiger partial charge in [0.15, 0.2) is 5.13 Å². The average Bonchev–Trinajstić information content (AvgIpc) is 3.68. The van der Waals surface area contributed by atoms with Crippen LogP contribution in [-0.2, 0) is 6.42 Å². The Labute approximate surface area is 233 Å². The second kappa shape index (κ2) is 10.5. The summed E-state index contributed by atoms with van der Waals surface area (Å²) < 4.78 is 1.92. The first kappa shape index (κ1) is 24.6. The van der Waals surface area contributed by atoms with Crippen LogP contribution >= 0.6 is 34.3 Å². The molecule has 0 unspecified atom stereocenters. The van der Waals surface area contributed by atoms with Crippen LogP contribution in [0.4, 0.5) is 5.13 Å². The number of halogens is 1. The largest absolute Gasteiger partial charge is 0.283 e. The lowest BCUT2D eigenvalue weighted by molar-refractivity contribution is 0.0991. The first-order valence-electron chi connectivity index (χ1n) is 12.2. The van der Waals surface area contributed by atoms with Gasteiger partial charge >= 0.3 is 0 Å². The molecule has 3 heterocycles. The number of nitrogens with zero attached hydrogens (tertiary/aromatic N) is 4. The van der Waals surface area contributed by atoms with Crippen molar-refractivity contribution >= 4 is 55.5 Å². The molecular weight excluding hydrogens is 532 g/mol. The molecule has 3 aromatic heterocycles. The molecular formula is C30H23ClN4OS2. The Bertz CT molecular complexity index is 1710. The third-order valence-electron chi connectivity index (χ3n) is 6.33. The summed E-state index contributed by atoms with van der Waals surface area (Å²) in [6, 6.07) is 29.8. The molecule has 0 aliphatic carbocycles. The van der Waals surface area contributed by atoms with Crippen LogP contribution < -0.4 is 4.90 Å². The van der Waals surface area contributed by atoms with Crippen LogP contribution in [0, 0.1) is 6.92 Å². The minimum atomic E-state index is -0.0573. The maximum atomic E-state index is 14.0. The number of para-hydroxylation sites is 1. The summed E-state index contributed by atoms with van der Waals surface area (Å²) in [4.78, 5) is 22.3. The predicted molar refractivity (Wildman–Crippen MR) is 158 cm³/mol. The van der Waals surface area contributed by atoms with Gasteiger partial charge in [-0.25, -0.2) is 9.67 Å². The number of hydrogen-bond donors (Lipinski definition) is 0. The van der Waals surface area contributed by atoms with Crippen molar-refractivity contribution in [3.8, 4) is 16.9 Å². The summed E-state index contributed by atoms with van der Waals surface area (Å²) in [6.45, 7) is 2.50. The fraction of sp³-hybridized carbons (Fsp3) is 0.100. The van der Waals surface area contributed by atoms with Gasteiger partial charge in [-0.3, -0.25) is 9.69 Å². The predicted octanol–water partition coefficient (Wildman–Crippen LogP) is 8.06. The lowest BCUT2D eigenvalue weighted by Crippen LogP contribution is -2.32. The zero-order valence-corrected chi connectivity index (χ0v) is 22.9. The minimum absolute atomic E-state index is 0.0573. The van der Waals surface area contributed by atoms with Gasteiger partial charge in [0.05, 0.1) is 22.0 Å². The SMILES string of the molecule is Cc1nn(-c2ccccc2)c2sc(C(=O)N(CCc3ccccc3)c3nc(-c4ccc(Cl)cc4)cs3)cc12. The summed E-state index contributed by atoms with van der Waals surface area (Å²) in [6.07, 6.45) is 0.726. The Morgan fingerprint density at radius 2 is 1.68 bits per heavy atom. The van der Waals surface area contributed by atoms with Gasteiger partial charge < -0.3 is 0 Å². The van der Waals surface area contributed by atoms with Crippen LogP contribution in [0.25, 0.3) is 27.2 Å². The molecule has 0 saturated heterocycles. The maximum absolute atomic E-state index is 14.0. The summed E-state index contributed by atoms with van der Waals surface area (Å²) in [5.41, 5.74) is 4.83. The van der Waals surface area contributed by atoms with Gasteiger partial charge in [-0.15, -0.1) is 22.7 Å². The standard InChI is InChI=1S/C30H23ClN4OS2/c1-20-25-18-27(38-29(25)35(33-20)24-10-6-3-7-11-24)28(36)34(17-16-21-8-4-2-5-9-21)30-32-26(19-37-30)22-12-14-23(31)15-13-22/h2-15,18-19H,16-17H2,1H3. The molecule has 188 valence electrons. The minimum Gasteiger partial charge on any atom is -0.283 e. The third-order valence-corrected chi connectivity index (χ3v) is 8.55. The highest BCUT2D eigenvalue weighted by Crippen LogP contribution is 2.34. The number of thiophene rings is 1. The van der Waals surface area contributed by atoms with E-state index in [1.54, 1.807) is 4.90 Å². The Morgan fingerprint density at radius 3 is 2.42 bits per heavy atom. The van der Waals surface area contributed by atoms with Crippen LogP contribution in [0.3, 0.4) is 0 Å². The average molecular weight is 555 g/mol. The van der Waals surface area contributed by atoms with Crippen LogP contribution in [0.2, 0.25) is 5.02 Å². The summed E-state index contributed by atoms with van der Waals surface area (Å²) >= 11 is 9.02. The molecule has 0 spiro atoms. The molecule has 6 rings (SSSR count). The van der Waals surface area contributed by atoms with E-state index in [9.17, 15) is 4.79 Å². The van der Waals surface area contributed by atoms with Crippen molar-refractivity contribution in [2.45, 2.75) is 13.3 Å². The van der Waals surface area contributed by atoms with Gasteiger partial charge in [-0.2, -0.15) is 5.10 Å². The van der Waals surface area contributed by atoms with Gasteiger partial charge in [0.25, 0.3) is 5.91 Å². The van der Waals surface area contributed by atoms with Crippen molar-refractivity contribution in [1.29, 1.82) is 0 Å². The Morgan fingerprint density at radius 1 is 0.974 bits per heavy atom. The van der Waals surface area contributed by atoms with Crippen LogP contribution in [0.15, 0.2) is 96.4 Å². The fourth-order valence-corrected chi connectivity index (χ4v) is 6.46. The molecule has 8 heteroatoms. The van der Waals surface area contributed by atoms with Crippen molar-refractivity contribution < 1.29 is 4.79 Å². The summed E-state index contributed by atoms with van der Waals surface area (Å²) in [7, 11) is 0. The monoisotopic (exact) mass is 554 g/mol. The molecule has 0 saturated carbocycles. The number of thiazole rings is 1. The number of carbonyl (C=O) groups is 1. The van der Waals surface area contributed by atoms with Crippen LogP contribution in [-0.4, -0.2) is 27.2 Å². The van der Waals surface area contributed by atoms with Crippen molar-refractivity contribution in [3.05, 3.63) is 118 Å². The summed E-state index contributed by atoms with van der Waals surface area (Å²) in [5, 5.41) is 9.06. The molecule has 38 heavy (non-hydrogen) atoms. The first-order valence-corrected chi connectivity index (χ1v) is 14.3. The van der Waals surface area contributed by atoms with Gasteiger partial charge in [-0.1, -0.05) is 72.3 Å². The third kappa shape index (κ3) is 4.88. The highest BCUT2D eigenvalue weighted by Gasteiger charge is 2.25. The number of benzene rings is 3. The zero-order valence-electron chi connectivity index (χ0n) is 20.5. The highest BCUT2D eigenvalue weighted by atomic mass is 35.5. The van der Waals surface area contributed by atoms with E-state index in [1.807, 2.05) is 95.8 Å². The fourth-order valence-electron chi connectivity index (χ4n) is 4.34. The maximum Gasteiger partial charge on any atom is 0.270 e. The lowest BCUT2D eigenvalue weighted by atomic mass is 10.1. The number of rotatable bonds is 7. The van der Waals surface area contributed by atoms with Gasteiger partial charge in [0.1, 0.15) is 4.83 Å². The van der Waals surface area contributed by atoms with E-state index in [-0.39, 0.29) is 5.91 Å². The Balaban J connectivity index is 1.36. The van der Waals surface area contributed by atoms with Crippen molar-refractivity contribution in [2.75, 3.05) is 11.4 Å². The quantitative estimate of drug-likeness (QED) is 0.200. The molecule has 0 aliphatic rings. The Kier molecular flexibility index (Phi) is 6.81. The van der Waals surface area contributed by atoms with Crippen molar-refractivity contribution in [1.82, 2.24) is 14.8 Å². The number of carbonyl (C=O) groups excluding carboxylic acids is 1. The van der Waals surface area contributed by atoms with Crippen molar-refractivity contribution in [2.24, 2.45) is 0 Å². The van der Waals surface area contributed by atoms with Crippen LogP contribution in [0.5, 0.6) is 0 Å². The molecule has 0 atom stereocenters. The second-order valence-corrected chi connectivity index (χ2v) is 11.2. The Hall–Kier alpha value is -3.78. The van der Waals surface area contributed by atoms with E-state index in [2.05, 4.69) is 12.1 Å². The van der Waals surface area contributed by atoms with E-state index >= 15 is 0 Å². The molecule has 0 N–H and O–H groups in total. The molecule has 5 nitrogen and oxygen atoms in total. The van der Waals surface area contributed by atoms with E-state index in [4.69, 9.17) is 21.7 Å². The van der Waals surface area contributed by atoms with Crippen molar-refractivity contribution in [3.63, 3.8) is 0 Å². The van der Waals surface area contributed by atoms with Gasteiger partial charge in [-0.05, 0) is 49.2 Å². The molecule has 1 amide bonds. The van der Waals surface area contributed by atoms with Gasteiger partial charge in [0.2, 0.25) is 0 Å². The van der Waals surface area contributed by atoms with E-state index in [0.29, 0.717) is 21.6 Å². The number of amides is 1. The molecule has 0 aliphatic heterocycles. The number of hydrogen-bond acceptors (Lipinski definition) is 5. The van der Waals surface area contributed by atoms with E-state index in [1.165, 1.54) is 28.2 Å². The number of aryl methyl sites for hydroxylation is 1. The highest BCUT2D eigenvalue weighted by molar-refractivity contribution is 7.20. The summed E-state index contributed by atoms with van der Waals surface area (Å²) in [5.74, 6) is -0.0573. The van der Waals surface area contributed by atoms with E-state index < -0.39 is 0 Å². The molecule has 6 aromatic rings. The number of aromatic nitrogens is 3. The molecule has 0 fully saturated rings. The molecule has 0 bridgehead atoms. The zero-order chi connectivity index (χ0) is 26.1. The molecule has 3 aromatic carbocycles. The second-order valence-electron chi connectivity index (χ2n) is 8.88. The van der Waals surface area contributed by atoms with Crippen LogP contribution in [0.1, 0.15) is 20.9 Å².